The van der Waals surface area contributed by atoms with Crippen LogP contribution in [0.2, 0.25) is 0 Å². The molecule has 7 nitrogen and oxygen atoms in total. The van der Waals surface area contributed by atoms with Crippen molar-refractivity contribution in [3.8, 4) is 5.75 Å². The third-order valence-corrected chi connectivity index (χ3v) is 4.76. The van der Waals surface area contributed by atoms with Crippen molar-refractivity contribution < 1.29 is 22.7 Å². The highest BCUT2D eigenvalue weighted by Gasteiger charge is 2.15. The number of sulfone groups is 1. The lowest BCUT2D eigenvalue weighted by Crippen LogP contribution is -2.44. The maximum absolute atomic E-state index is 12.2. The molecule has 138 valence electrons. The van der Waals surface area contributed by atoms with Gasteiger partial charge in [0.15, 0.2) is 16.4 Å². The van der Waals surface area contributed by atoms with E-state index >= 15 is 0 Å². The van der Waals surface area contributed by atoms with E-state index in [1.54, 1.807) is 19.1 Å². The van der Waals surface area contributed by atoms with Crippen LogP contribution in [0.5, 0.6) is 5.75 Å². The Morgan fingerprint density at radius 2 is 1.69 bits per heavy atom. The third-order valence-electron chi connectivity index (χ3n) is 3.65. The number of rotatable bonds is 5. The molecule has 2 amide bonds. The summed E-state index contributed by atoms with van der Waals surface area (Å²) in [7, 11) is -3.44. The molecule has 0 bridgehead atoms. The quantitative estimate of drug-likeness (QED) is 0.771. The summed E-state index contributed by atoms with van der Waals surface area (Å²) in [5.74, 6) is -0.582. The summed E-state index contributed by atoms with van der Waals surface area (Å²) in [5, 5.41) is 0. The van der Waals surface area contributed by atoms with Gasteiger partial charge in [0.05, 0.1) is 4.90 Å². The van der Waals surface area contributed by atoms with Crippen LogP contribution in [0.4, 0.5) is 0 Å². The molecule has 2 rings (SSSR count). The van der Waals surface area contributed by atoms with E-state index in [2.05, 4.69) is 10.9 Å². The first kappa shape index (κ1) is 19.5. The van der Waals surface area contributed by atoms with E-state index in [9.17, 15) is 18.0 Å². The molecule has 0 aromatic heterocycles. The number of nitrogens with one attached hydrogen (secondary N) is 2. The van der Waals surface area contributed by atoms with Crippen molar-refractivity contribution in [2.45, 2.75) is 18.7 Å². The minimum Gasteiger partial charge on any atom is -0.483 e. The van der Waals surface area contributed by atoms with Gasteiger partial charge in [-0.1, -0.05) is 24.3 Å². The molecule has 0 saturated heterocycles. The van der Waals surface area contributed by atoms with Gasteiger partial charge in [0.2, 0.25) is 0 Å². The van der Waals surface area contributed by atoms with Crippen LogP contribution in [0.3, 0.4) is 0 Å². The second kappa shape index (κ2) is 8.01. The molecule has 0 aliphatic carbocycles. The molecule has 8 heteroatoms. The van der Waals surface area contributed by atoms with Gasteiger partial charge in [0, 0.05) is 11.8 Å². The first-order valence-electron chi connectivity index (χ1n) is 7.77. The Morgan fingerprint density at radius 1 is 1.00 bits per heavy atom. The highest BCUT2D eigenvalue weighted by molar-refractivity contribution is 7.90. The molecular formula is C18H20N2O5S. The number of hydrazine groups is 1. The lowest BCUT2D eigenvalue weighted by molar-refractivity contribution is -0.123. The van der Waals surface area contributed by atoms with E-state index in [1.807, 2.05) is 19.1 Å². The SMILES string of the molecule is Cc1ccccc1OCC(=O)NNC(=O)c1cc(S(C)(=O)=O)ccc1C. The molecule has 0 aliphatic rings. The number of para-hydroxylation sites is 1. The maximum Gasteiger partial charge on any atom is 0.276 e. The molecule has 0 radical (unpaired) electrons. The summed E-state index contributed by atoms with van der Waals surface area (Å²) >= 11 is 0. The highest BCUT2D eigenvalue weighted by atomic mass is 32.2. The molecule has 2 aromatic carbocycles. The Balaban J connectivity index is 1.96. The molecule has 0 atom stereocenters. The zero-order valence-corrected chi connectivity index (χ0v) is 15.5. The standard InChI is InChI=1S/C18H20N2O5S/c1-12-8-9-14(26(3,23)24)10-15(12)18(22)20-19-17(21)11-25-16-7-5-4-6-13(16)2/h4-10H,11H2,1-3H3,(H,19,21)(H,20,22). The summed E-state index contributed by atoms with van der Waals surface area (Å²) in [6, 6.07) is 11.5. The number of ether oxygens (including phenoxy) is 1. The molecule has 0 aliphatic heterocycles. The van der Waals surface area contributed by atoms with Crippen molar-refractivity contribution in [2.24, 2.45) is 0 Å². The van der Waals surface area contributed by atoms with Crippen molar-refractivity contribution in [2.75, 3.05) is 12.9 Å². The van der Waals surface area contributed by atoms with Crippen molar-refractivity contribution in [3.63, 3.8) is 0 Å². The van der Waals surface area contributed by atoms with Gasteiger partial charge in [0.1, 0.15) is 5.75 Å². The van der Waals surface area contributed by atoms with Crippen LogP contribution in [0.1, 0.15) is 21.5 Å². The normalized spacial score (nSPS) is 10.9. The lowest BCUT2D eigenvalue weighted by Gasteiger charge is -2.11. The topological polar surface area (TPSA) is 102 Å². The Hall–Kier alpha value is -2.87. The zero-order valence-electron chi connectivity index (χ0n) is 14.7. The van der Waals surface area contributed by atoms with E-state index < -0.39 is 21.7 Å². The smallest absolute Gasteiger partial charge is 0.276 e. The summed E-state index contributed by atoms with van der Waals surface area (Å²) in [6.07, 6.45) is 1.06. The predicted octanol–water partition coefficient (Wildman–Crippen LogP) is 1.55. The van der Waals surface area contributed by atoms with Crippen molar-refractivity contribution in [1.82, 2.24) is 10.9 Å². The second-order valence-corrected chi connectivity index (χ2v) is 7.82. The van der Waals surface area contributed by atoms with Gasteiger partial charge in [-0.15, -0.1) is 0 Å². The van der Waals surface area contributed by atoms with E-state index in [4.69, 9.17) is 4.74 Å². The number of hydrogen-bond acceptors (Lipinski definition) is 5. The van der Waals surface area contributed by atoms with Gasteiger partial charge < -0.3 is 4.74 Å². The van der Waals surface area contributed by atoms with E-state index in [0.29, 0.717) is 11.3 Å². The van der Waals surface area contributed by atoms with E-state index in [0.717, 1.165) is 11.8 Å². The average molecular weight is 376 g/mol. The summed E-state index contributed by atoms with van der Waals surface area (Å²) in [4.78, 5) is 24.1. The lowest BCUT2D eigenvalue weighted by atomic mass is 10.1. The largest absolute Gasteiger partial charge is 0.483 e. The number of hydrogen-bond donors (Lipinski definition) is 2. The van der Waals surface area contributed by atoms with Crippen LogP contribution in [-0.2, 0) is 14.6 Å². The number of aryl methyl sites for hydroxylation is 2. The van der Waals surface area contributed by atoms with Gasteiger partial charge in [0.25, 0.3) is 11.8 Å². The molecular weight excluding hydrogens is 356 g/mol. The van der Waals surface area contributed by atoms with Gasteiger partial charge >= 0.3 is 0 Å². The molecule has 0 saturated carbocycles. The summed E-state index contributed by atoms with van der Waals surface area (Å²) < 4.78 is 28.6. The predicted molar refractivity (Wildman–Crippen MR) is 96.6 cm³/mol. The van der Waals surface area contributed by atoms with Gasteiger partial charge in [-0.2, -0.15) is 0 Å². The fourth-order valence-electron chi connectivity index (χ4n) is 2.17. The second-order valence-electron chi connectivity index (χ2n) is 5.81. The Labute approximate surface area is 152 Å². The minimum absolute atomic E-state index is 0.0301. The van der Waals surface area contributed by atoms with Crippen molar-refractivity contribution >= 4 is 21.7 Å². The third kappa shape index (κ3) is 5.06. The number of benzene rings is 2. The Morgan fingerprint density at radius 3 is 2.35 bits per heavy atom. The van der Waals surface area contributed by atoms with Crippen LogP contribution >= 0.6 is 0 Å². The van der Waals surface area contributed by atoms with Gasteiger partial charge in [-0.25, -0.2) is 8.42 Å². The van der Waals surface area contributed by atoms with Crippen LogP contribution in [-0.4, -0.2) is 33.1 Å². The van der Waals surface area contributed by atoms with Crippen LogP contribution in [0, 0.1) is 13.8 Å². The fraction of sp³-hybridized carbons (Fsp3) is 0.222. The number of carbonyl (C=O) groups is 2. The first-order chi connectivity index (χ1) is 12.2. The zero-order chi connectivity index (χ0) is 19.3. The number of amides is 2. The van der Waals surface area contributed by atoms with Crippen molar-refractivity contribution in [1.29, 1.82) is 0 Å². The molecule has 0 spiro atoms. The number of carbonyl (C=O) groups excluding carboxylic acids is 2. The minimum atomic E-state index is -3.44. The van der Waals surface area contributed by atoms with E-state index in [1.165, 1.54) is 18.2 Å². The Kier molecular flexibility index (Phi) is 5.99. The molecule has 0 heterocycles. The summed E-state index contributed by atoms with van der Waals surface area (Å²) in [6.45, 7) is 3.25. The average Bonchev–Trinajstić information content (AvgIpc) is 2.58. The molecule has 2 N–H and O–H groups in total. The van der Waals surface area contributed by atoms with Gasteiger partial charge in [-0.3, -0.25) is 20.4 Å². The molecule has 2 aromatic rings. The molecule has 0 unspecified atom stereocenters. The monoisotopic (exact) mass is 376 g/mol. The van der Waals surface area contributed by atoms with Crippen LogP contribution in [0.15, 0.2) is 47.4 Å². The summed E-state index contributed by atoms with van der Waals surface area (Å²) in [5.41, 5.74) is 6.13. The molecule has 26 heavy (non-hydrogen) atoms. The van der Waals surface area contributed by atoms with Crippen LogP contribution < -0.4 is 15.6 Å². The van der Waals surface area contributed by atoms with E-state index in [-0.39, 0.29) is 17.1 Å². The fourth-order valence-corrected chi connectivity index (χ4v) is 2.82. The van der Waals surface area contributed by atoms with Crippen LogP contribution in [0.25, 0.3) is 0 Å². The Bertz CT molecular complexity index is 938. The van der Waals surface area contributed by atoms with Gasteiger partial charge in [-0.05, 0) is 43.2 Å². The highest BCUT2D eigenvalue weighted by Crippen LogP contribution is 2.16. The first-order valence-corrected chi connectivity index (χ1v) is 9.66. The molecule has 0 fully saturated rings. The maximum atomic E-state index is 12.2. The van der Waals surface area contributed by atoms with Crippen molar-refractivity contribution in [3.05, 3.63) is 59.2 Å².